The van der Waals surface area contributed by atoms with Crippen LogP contribution >= 0.6 is 41.9 Å². The average molecular weight is 439 g/mol. The summed E-state index contributed by atoms with van der Waals surface area (Å²) >= 11 is 8.75. The Morgan fingerprint density at radius 2 is 1.96 bits per heavy atom. The molecule has 1 atom stereocenters. The fraction of sp³-hybridized carbons (Fsp3) is 0.0588. The third-order valence-electron chi connectivity index (χ3n) is 4.04. The molecule has 10 heteroatoms. The van der Waals surface area contributed by atoms with E-state index in [-0.39, 0.29) is 5.56 Å². The predicted molar refractivity (Wildman–Crippen MR) is 110 cm³/mol. The van der Waals surface area contributed by atoms with Crippen LogP contribution in [0.4, 0.5) is 5.69 Å². The van der Waals surface area contributed by atoms with Gasteiger partial charge in [0.15, 0.2) is 5.66 Å². The molecule has 0 bridgehead atoms. The predicted octanol–water partition coefficient (Wildman–Crippen LogP) is 5.02. The number of amides is 1. The van der Waals surface area contributed by atoms with Crippen LogP contribution in [-0.2, 0) is 9.36 Å². The van der Waals surface area contributed by atoms with Crippen molar-refractivity contribution in [2.75, 3.05) is 5.32 Å². The number of anilines is 1. The van der Waals surface area contributed by atoms with E-state index in [9.17, 15) is 19.1 Å². The summed E-state index contributed by atoms with van der Waals surface area (Å²) in [5.41, 5.74) is 1.58. The lowest BCUT2D eigenvalue weighted by molar-refractivity contribution is -0.116. The molecule has 3 N–H and O–H groups in total. The SMILES string of the molecule is O=C(Nc1ccc2ncsc2c1)C(c1csc2ccc(Cl)cc12)P(=O)(O)O. The third kappa shape index (κ3) is 3.65. The maximum absolute atomic E-state index is 12.8. The second-order valence-corrected chi connectivity index (χ2v) is 9.78. The number of thiophene rings is 1. The number of carbonyl (C=O) groups is 1. The number of rotatable bonds is 4. The molecule has 0 aliphatic rings. The first-order chi connectivity index (χ1) is 12.8. The molecule has 4 aromatic rings. The topological polar surface area (TPSA) is 99.5 Å². The number of aromatic nitrogens is 1. The van der Waals surface area contributed by atoms with E-state index in [1.807, 2.05) is 0 Å². The van der Waals surface area contributed by atoms with Crippen molar-refractivity contribution >= 4 is 73.8 Å². The maximum atomic E-state index is 12.8. The third-order valence-corrected chi connectivity index (χ3v) is 7.24. The van der Waals surface area contributed by atoms with Crippen LogP contribution in [0.2, 0.25) is 5.02 Å². The first kappa shape index (κ1) is 18.6. The summed E-state index contributed by atoms with van der Waals surface area (Å²) in [5.74, 6) is -0.771. The zero-order valence-electron chi connectivity index (χ0n) is 13.5. The molecule has 0 saturated heterocycles. The summed E-state index contributed by atoms with van der Waals surface area (Å²) in [5, 5.41) is 5.21. The van der Waals surface area contributed by atoms with Gasteiger partial charge in [-0.2, -0.15) is 0 Å². The van der Waals surface area contributed by atoms with Gasteiger partial charge in [-0.3, -0.25) is 9.36 Å². The smallest absolute Gasteiger partial charge is 0.325 e. The second-order valence-electron chi connectivity index (χ2n) is 5.85. The van der Waals surface area contributed by atoms with Crippen LogP contribution in [-0.4, -0.2) is 20.7 Å². The van der Waals surface area contributed by atoms with E-state index in [2.05, 4.69) is 10.3 Å². The molecule has 27 heavy (non-hydrogen) atoms. The van der Waals surface area contributed by atoms with E-state index in [1.54, 1.807) is 47.3 Å². The molecular formula is C17H12ClN2O4PS2. The second kappa shape index (κ2) is 6.98. The highest BCUT2D eigenvalue weighted by Gasteiger charge is 2.39. The fourth-order valence-electron chi connectivity index (χ4n) is 2.85. The van der Waals surface area contributed by atoms with E-state index >= 15 is 0 Å². The summed E-state index contributed by atoms with van der Waals surface area (Å²) in [6, 6.07) is 10.2. The summed E-state index contributed by atoms with van der Waals surface area (Å²) in [6.07, 6.45) is 0. The van der Waals surface area contributed by atoms with Crippen LogP contribution < -0.4 is 5.32 Å². The number of hydrogen-bond acceptors (Lipinski definition) is 5. The molecule has 1 amide bonds. The summed E-state index contributed by atoms with van der Waals surface area (Å²) in [4.78, 5) is 36.7. The van der Waals surface area contributed by atoms with E-state index in [1.165, 1.54) is 22.7 Å². The highest BCUT2D eigenvalue weighted by molar-refractivity contribution is 7.53. The van der Waals surface area contributed by atoms with Crippen molar-refractivity contribution < 1.29 is 19.1 Å². The lowest BCUT2D eigenvalue weighted by Crippen LogP contribution is -2.21. The zero-order valence-corrected chi connectivity index (χ0v) is 16.8. The Balaban J connectivity index is 1.74. The van der Waals surface area contributed by atoms with Gasteiger partial charge < -0.3 is 15.1 Å². The molecule has 2 heterocycles. The number of hydrogen-bond donors (Lipinski definition) is 3. The molecular weight excluding hydrogens is 427 g/mol. The normalized spacial score (nSPS) is 13.1. The maximum Gasteiger partial charge on any atom is 0.342 e. The Kier molecular flexibility index (Phi) is 4.80. The Hall–Kier alpha value is -1.80. The number of nitrogens with zero attached hydrogens (tertiary/aromatic N) is 1. The largest absolute Gasteiger partial charge is 0.342 e. The summed E-state index contributed by atoms with van der Waals surface area (Å²) < 4.78 is 13.8. The van der Waals surface area contributed by atoms with E-state index in [0.717, 1.165) is 14.9 Å². The zero-order chi connectivity index (χ0) is 19.2. The Morgan fingerprint density at radius 1 is 1.15 bits per heavy atom. The highest BCUT2D eigenvalue weighted by atomic mass is 35.5. The van der Waals surface area contributed by atoms with E-state index < -0.39 is 19.2 Å². The van der Waals surface area contributed by atoms with Crippen LogP contribution in [0.3, 0.4) is 0 Å². The minimum atomic E-state index is -4.77. The number of thiazole rings is 1. The quantitative estimate of drug-likeness (QED) is 0.388. The van der Waals surface area contributed by atoms with Gasteiger partial charge in [-0.25, -0.2) is 4.98 Å². The van der Waals surface area contributed by atoms with Gasteiger partial charge in [-0.15, -0.1) is 22.7 Å². The molecule has 0 saturated carbocycles. The number of carbonyl (C=O) groups excluding carboxylic acids is 1. The number of benzene rings is 2. The highest BCUT2D eigenvalue weighted by Crippen LogP contribution is 2.54. The molecule has 0 spiro atoms. The van der Waals surface area contributed by atoms with Crippen molar-refractivity contribution in [1.82, 2.24) is 4.98 Å². The molecule has 1 unspecified atom stereocenters. The van der Waals surface area contributed by atoms with Crippen molar-refractivity contribution in [3.8, 4) is 0 Å². The van der Waals surface area contributed by atoms with Crippen molar-refractivity contribution in [3.63, 3.8) is 0 Å². The van der Waals surface area contributed by atoms with Gasteiger partial charge in [0.25, 0.3) is 0 Å². The van der Waals surface area contributed by atoms with Gasteiger partial charge in [0.2, 0.25) is 5.91 Å². The standard InChI is InChI=1S/C17H12ClN2O4PS2/c18-9-1-4-14-11(5-9)12(7-26-14)16(25(22,23)24)17(21)20-10-2-3-13-15(6-10)27-8-19-13/h1-8,16H,(H,20,21)(H2,22,23,24). The fourth-order valence-corrected chi connectivity index (χ4v) is 5.75. The van der Waals surface area contributed by atoms with Crippen molar-refractivity contribution in [2.45, 2.75) is 5.66 Å². The Bertz CT molecular complexity index is 1220. The Labute approximate surface area is 166 Å². The molecule has 0 radical (unpaired) electrons. The lowest BCUT2D eigenvalue weighted by Gasteiger charge is -2.18. The van der Waals surface area contributed by atoms with Crippen LogP contribution in [0, 0.1) is 0 Å². The number of nitrogens with one attached hydrogen (secondary N) is 1. The molecule has 0 aliphatic heterocycles. The van der Waals surface area contributed by atoms with Crippen LogP contribution in [0.5, 0.6) is 0 Å². The van der Waals surface area contributed by atoms with Crippen LogP contribution in [0.1, 0.15) is 11.2 Å². The first-order valence-corrected chi connectivity index (χ1v) is 11.5. The van der Waals surface area contributed by atoms with Crippen LogP contribution in [0.25, 0.3) is 20.3 Å². The molecule has 0 fully saturated rings. The lowest BCUT2D eigenvalue weighted by atomic mass is 10.1. The van der Waals surface area contributed by atoms with Gasteiger partial charge in [-0.05, 0) is 52.7 Å². The first-order valence-electron chi connectivity index (χ1n) is 7.69. The average Bonchev–Trinajstić information content (AvgIpc) is 3.20. The summed E-state index contributed by atoms with van der Waals surface area (Å²) in [7, 11) is -4.77. The van der Waals surface area contributed by atoms with E-state index in [4.69, 9.17) is 11.6 Å². The number of fused-ring (bicyclic) bond motifs is 2. The van der Waals surface area contributed by atoms with Gasteiger partial charge in [0.1, 0.15) is 0 Å². The van der Waals surface area contributed by atoms with Crippen molar-refractivity contribution in [3.05, 3.63) is 57.9 Å². The molecule has 138 valence electrons. The molecule has 0 aliphatic carbocycles. The minimum Gasteiger partial charge on any atom is -0.325 e. The van der Waals surface area contributed by atoms with Crippen LogP contribution in [0.15, 0.2) is 47.3 Å². The number of halogens is 1. The van der Waals surface area contributed by atoms with Gasteiger partial charge in [0.05, 0.1) is 15.7 Å². The van der Waals surface area contributed by atoms with E-state index in [0.29, 0.717) is 16.1 Å². The molecule has 6 nitrogen and oxygen atoms in total. The molecule has 2 aromatic carbocycles. The van der Waals surface area contributed by atoms with Crippen molar-refractivity contribution in [2.24, 2.45) is 0 Å². The Morgan fingerprint density at radius 3 is 2.74 bits per heavy atom. The van der Waals surface area contributed by atoms with Gasteiger partial charge in [-0.1, -0.05) is 11.6 Å². The van der Waals surface area contributed by atoms with Gasteiger partial charge >= 0.3 is 7.60 Å². The van der Waals surface area contributed by atoms with Crippen molar-refractivity contribution in [1.29, 1.82) is 0 Å². The minimum absolute atomic E-state index is 0.266. The van der Waals surface area contributed by atoms with Gasteiger partial charge in [0, 0.05) is 15.4 Å². The summed E-state index contributed by atoms with van der Waals surface area (Å²) in [6.45, 7) is 0. The molecule has 2 aromatic heterocycles. The monoisotopic (exact) mass is 438 g/mol. The molecule has 4 rings (SSSR count).